The van der Waals surface area contributed by atoms with Crippen LogP contribution in [0.25, 0.3) is 0 Å². The molecule has 2 aliphatic rings. The monoisotopic (exact) mass is 311 g/mol. The number of halogens is 2. The average Bonchev–Trinajstić information content (AvgIpc) is 2.97. The fraction of sp³-hybridized carbons (Fsp3) is 0.533. The van der Waals surface area contributed by atoms with Gasteiger partial charge >= 0.3 is 0 Å². The number of hydrogen-bond donors (Lipinski definition) is 1. The van der Waals surface area contributed by atoms with E-state index in [1.54, 1.807) is 11.0 Å². The molecule has 0 radical (unpaired) electrons. The molecule has 0 bridgehead atoms. The van der Waals surface area contributed by atoms with Crippen molar-refractivity contribution in [3.05, 3.63) is 34.6 Å². The Labute approximate surface area is 128 Å². The molecule has 1 unspecified atom stereocenters. The van der Waals surface area contributed by atoms with E-state index in [0.29, 0.717) is 24.2 Å². The van der Waals surface area contributed by atoms with Crippen LogP contribution in [-0.2, 0) is 0 Å². The van der Waals surface area contributed by atoms with E-state index in [9.17, 15) is 9.18 Å². The van der Waals surface area contributed by atoms with E-state index in [0.717, 1.165) is 32.6 Å². The van der Waals surface area contributed by atoms with Crippen LogP contribution in [0.3, 0.4) is 0 Å². The van der Waals surface area contributed by atoms with Gasteiger partial charge in [-0.2, -0.15) is 0 Å². The Morgan fingerprint density at radius 2 is 2.05 bits per heavy atom. The molecule has 1 aromatic carbocycles. The first-order valence-electron chi connectivity index (χ1n) is 7.34. The van der Waals surface area contributed by atoms with Gasteiger partial charge in [0.2, 0.25) is 0 Å². The first-order valence-corrected chi connectivity index (χ1v) is 7.72. The highest BCUT2D eigenvalue weighted by Gasteiger charge is 2.32. The number of piperazine rings is 1. The summed E-state index contributed by atoms with van der Waals surface area (Å²) in [7, 11) is 0. The summed E-state index contributed by atoms with van der Waals surface area (Å²) in [6, 6.07) is 4.62. The van der Waals surface area contributed by atoms with Crippen LogP contribution < -0.4 is 5.32 Å². The Hall–Kier alpha value is -1.17. The molecule has 0 saturated carbocycles. The number of carbonyl (C=O) groups is 1. The minimum absolute atomic E-state index is 0.111. The van der Waals surface area contributed by atoms with Crippen LogP contribution >= 0.6 is 11.6 Å². The standard InChI is InChI=1S/C15H19ClFN3O/c16-11-1-2-13(14(17)9-11)15(21)20-6-3-12(10-20)19-7-4-18-5-8-19/h1-2,9,12,18H,3-8,10H2. The second-order valence-electron chi connectivity index (χ2n) is 5.60. The number of carbonyl (C=O) groups excluding carboxylic acids is 1. The first-order chi connectivity index (χ1) is 10.1. The molecule has 2 saturated heterocycles. The fourth-order valence-corrected chi connectivity index (χ4v) is 3.26. The van der Waals surface area contributed by atoms with E-state index < -0.39 is 5.82 Å². The lowest BCUT2D eigenvalue weighted by Gasteiger charge is -2.32. The third kappa shape index (κ3) is 3.20. The van der Waals surface area contributed by atoms with Gasteiger partial charge in [-0.3, -0.25) is 9.69 Å². The minimum Gasteiger partial charge on any atom is -0.337 e. The molecule has 3 rings (SSSR count). The van der Waals surface area contributed by atoms with Gasteiger partial charge in [0.05, 0.1) is 5.56 Å². The van der Waals surface area contributed by atoms with Crippen LogP contribution in [0, 0.1) is 5.82 Å². The van der Waals surface area contributed by atoms with Crippen LogP contribution in [0.2, 0.25) is 5.02 Å². The molecule has 6 heteroatoms. The second-order valence-corrected chi connectivity index (χ2v) is 6.04. The predicted octanol–water partition coefficient (Wildman–Crippen LogP) is 1.60. The van der Waals surface area contributed by atoms with Crippen molar-refractivity contribution in [2.24, 2.45) is 0 Å². The normalized spacial score (nSPS) is 23.5. The van der Waals surface area contributed by atoms with Crippen LogP contribution in [0.5, 0.6) is 0 Å². The predicted molar refractivity (Wildman–Crippen MR) is 80.2 cm³/mol. The zero-order valence-corrected chi connectivity index (χ0v) is 12.6. The summed E-state index contributed by atoms with van der Waals surface area (Å²) in [5, 5.41) is 3.64. The molecule has 114 valence electrons. The van der Waals surface area contributed by atoms with Crippen LogP contribution in [0.1, 0.15) is 16.8 Å². The van der Waals surface area contributed by atoms with E-state index in [4.69, 9.17) is 11.6 Å². The van der Waals surface area contributed by atoms with Gasteiger partial charge in [0.25, 0.3) is 5.91 Å². The molecule has 1 amide bonds. The molecule has 1 N–H and O–H groups in total. The third-order valence-electron chi connectivity index (χ3n) is 4.28. The number of nitrogens with one attached hydrogen (secondary N) is 1. The lowest BCUT2D eigenvalue weighted by molar-refractivity contribution is 0.0769. The zero-order chi connectivity index (χ0) is 14.8. The molecule has 1 aromatic rings. The van der Waals surface area contributed by atoms with Crippen molar-refractivity contribution in [3.8, 4) is 0 Å². The van der Waals surface area contributed by atoms with E-state index >= 15 is 0 Å². The summed E-state index contributed by atoms with van der Waals surface area (Å²) in [5.41, 5.74) is 0.111. The summed E-state index contributed by atoms with van der Waals surface area (Å²) in [6.45, 7) is 5.40. The molecule has 0 aromatic heterocycles. The van der Waals surface area contributed by atoms with E-state index in [1.807, 2.05) is 0 Å². The molecule has 2 heterocycles. The largest absolute Gasteiger partial charge is 0.337 e. The number of benzene rings is 1. The SMILES string of the molecule is O=C(c1ccc(Cl)cc1F)N1CCC(N2CCNCC2)C1. The van der Waals surface area contributed by atoms with Gasteiger partial charge in [0, 0.05) is 50.3 Å². The summed E-state index contributed by atoms with van der Waals surface area (Å²) < 4.78 is 13.9. The Bertz CT molecular complexity index is 534. The van der Waals surface area contributed by atoms with Gasteiger partial charge in [0.1, 0.15) is 5.82 Å². The number of nitrogens with zero attached hydrogens (tertiary/aromatic N) is 2. The second kappa shape index (κ2) is 6.30. The van der Waals surface area contributed by atoms with E-state index in [-0.39, 0.29) is 11.5 Å². The first kappa shape index (κ1) is 14.8. The van der Waals surface area contributed by atoms with Crippen molar-refractivity contribution in [3.63, 3.8) is 0 Å². The summed E-state index contributed by atoms with van der Waals surface area (Å²) in [6.07, 6.45) is 0.959. The number of hydrogen-bond acceptors (Lipinski definition) is 3. The smallest absolute Gasteiger partial charge is 0.256 e. The number of rotatable bonds is 2. The van der Waals surface area contributed by atoms with Crippen molar-refractivity contribution in [1.29, 1.82) is 0 Å². The third-order valence-corrected chi connectivity index (χ3v) is 4.52. The lowest BCUT2D eigenvalue weighted by atomic mass is 10.2. The van der Waals surface area contributed by atoms with Crippen molar-refractivity contribution < 1.29 is 9.18 Å². The Kier molecular flexibility index (Phi) is 4.42. The Morgan fingerprint density at radius 1 is 1.29 bits per heavy atom. The maximum atomic E-state index is 13.9. The quantitative estimate of drug-likeness (QED) is 0.901. The van der Waals surface area contributed by atoms with Crippen molar-refractivity contribution in [2.75, 3.05) is 39.3 Å². The van der Waals surface area contributed by atoms with Crippen molar-refractivity contribution in [1.82, 2.24) is 15.1 Å². The fourth-order valence-electron chi connectivity index (χ4n) is 3.10. The average molecular weight is 312 g/mol. The lowest BCUT2D eigenvalue weighted by Crippen LogP contribution is -2.49. The van der Waals surface area contributed by atoms with Crippen molar-refractivity contribution in [2.45, 2.75) is 12.5 Å². The van der Waals surface area contributed by atoms with Gasteiger partial charge in [-0.05, 0) is 24.6 Å². The molecule has 4 nitrogen and oxygen atoms in total. The maximum Gasteiger partial charge on any atom is 0.256 e. The maximum absolute atomic E-state index is 13.9. The highest BCUT2D eigenvalue weighted by molar-refractivity contribution is 6.30. The highest BCUT2D eigenvalue weighted by atomic mass is 35.5. The number of amides is 1. The molecule has 2 aliphatic heterocycles. The molecule has 0 aliphatic carbocycles. The molecule has 2 fully saturated rings. The van der Waals surface area contributed by atoms with Gasteiger partial charge < -0.3 is 10.2 Å². The molecular formula is C15H19ClFN3O. The summed E-state index contributed by atoms with van der Waals surface area (Å²) in [5.74, 6) is -0.778. The topological polar surface area (TPSA) is 35.6 Å². The molecule has 21 heavy (non-hydrogen) atoms. The summed E-state index contributed by atoms with van der Waals surface area (Å²) >= 11 is 5.73. The van der Waals surface area contributed by atoms with Crippen LogP contribution in [0.15, 0.2) is 18.2 Å². The van der Waals surface area contributed by atoms with Gasteiger partial charge in [-0.25, -0.2) is 4.39 Å². The van der Waals surface area contributed by atoms with Crippen molar-refractivity contribution >= 4 is 17.5 Å². The van der Waals surface area contributed by atoms with Gasteiger partial charge in [0.15, 0.2) is 0 Å². The van der Waals surface area contributed by atoms with Crippen LogP contribution in [-0.4, -0.2) is 61.0 Å². The minimum atomic E-state index is -0.543. The van der Waals surface area contributed by atoms with Crippen LogP contribution in [0.4, 0.5) is 4.39 Å². The molecule has 0 spiro atoms. The molecule has 1 atom stereocenters. The number of likely N-dealkylation sites (tertiary alicyclic amines) is 1. The zero-order valence-electron chi connectivity index (χ0n) is 11.8. The van der Waals surface area contributed by atoms with E-state index in [1.165, 1.54) is 12.1 Å². The summed E-state index contributed by atoms with van der Waals surface area (Å²) in [4.78, 5) is 16.6. The van der Waals surface area contributed by atoms with E-state index in [2.05, 4.69) is 10.2 Å². The Morgan fingerprint density at radius 3 is 2.76 bits per heavy atom. The Balaban J connectivity index is 1.66. The van der Waals surface area contributed by atoms with Gasteiger partial charge in [-0.15, -0.1) is 0 Å². The molecular weight excluding hydrogens is 293 g/mol. The van der Waals surface area contributed by atoms with Gasteiger partial charge in [-0.1, -0.05) is 11.6 Å². The highest BCUT2D eigenvalue weighted by Crippen LogP contribution is 2.21.